The van der Waals surface area contributed by atoms with E-state index in [4.69, 9.17) is 0 Å². The topological polar surface area (TPSA) is 41.1 Å². The average molecular weight is 276 g/mol. The Balaban J connectivity index is 2.59. The van der Waals surface area contributed by atoms with Gasteiger partial charge >= 0.3 is 0 Å². The highest BCUT2D eigenvalue weighted by Crippen LogP contribution is 2.17. The Hall–Kier alpha value is -1.35. The zero-order valence-electron chi connectivity index (χ0n) is 13.0. The number of hydrogen-bond acceptors (Lipinski definition) is 2. The molecule has 2 N–H and O–H groups in total. The Bertz CT molecular complexity index is 404. The van der Waals surface area contributed by atoms with Crippen molar-refractivity contribution in [2.45, 2.75) is 53.0 Å². The van der Waals surface area contributed by atoms with Gasteiger partial charge in [0.05, 0.1) is 0 Å². The third-order valence-electron chi connectivity index (χ3n) is 3.54. The number of rotatable bonds is 9. The first-order valence-corrected chi connectivity index (χ1v) is 7.81. The van der Waals surface area contributed by atoms with Crippen LogP contribution in [-0.2, 0) is 11.3 Å². The number of unbranched alkanes of at least 4 members (excludes halogenated alkanes) is 1. The molecule has 0 fully saturated rings. The Morgan fingerprint density at radius 2 is 2.05 bits per heavy atom. The summed E-state index contributed by atoms with van der Waals surface area (Å²) in [7, 11) is 0. The van der Waals surface area contributed by atoms with E-state index < -0.39 is 0 Å². The van der Waals surface area contributed by atoms with Crippen LogP contribution in [0.25, 0.3) is 0 Å². The van der Waals surface area contributed by atoms with E-state index in [0.29, 0.717) is 0 Å². The smallest absolute Gasteiger partial charge is 0.227 e. The summed E-state index contributed by atoms with van der Waals surface area (Å²) < 4.78 is 0. The van der Waals surface area contributed by atoms with Gasteiger partial charge in [0.2, 0.25) is 5.91 Å². The molecule has 0 saturated carbocycles. The van der Waals surface area contributed by atoms with E-state index in [9.17, 15) is 4.79 Å². The van der Waals surface area contributed by atoms with E-state index in [1.54, 1.807) is 0 Å². The fourth-order valence-corrected chi connectivity index (χ4v) is 2.24. The summed E-state index contributed by atoms with van der Waals surface area (Å²) in [5.41, 5.74) is 2.10. The van der Waals surface area contributed by atoms with Crippen LogP contribution in [0.1, 0.15) is 52.0 Å². The molecule has 1 atom stereocenters. The van der Waals surface area contributed by atoms with Crippen molar-refractivity contribution in [2.24, 2.45) is 5.92 Å². The van der Waals surface area contributed by atoms with Crippen LogP contribution in [0.15, 0.2) is 24.3 Å². The Morgan fingerprint density at radius 3 is 2.70 bits per heavy atom. The maximum atomic E-state index is 12.2. The quantitative estimate of drug-likeness (QED) is 0.717. The maximum absolute atomic E-state index is 12.2. The minimum atomic E-state index is 0.132. The van der Waals surface area contributed by atoms with Gasteiger partial charge in [0.1, 0.15) is 0 Å². The summed E-state index contributed by atoms with van der Waals surface area (Å²) in [6.45, 7) is 8.13. The van der Waals surface area contributed by atoms with Crippen molar-refractivity contribution in [3.05, 3.63) is 29.8 Å². The number of hydrogen-bond donors (Lipinski definition) is 2. The van der Waals surface area contributed by atoms with Gasteiger partial charge in [0.25, 0.3) is 0 Å². The molecule has 1 aromatic carbocycles. The van der Waals surface area contributed by atoms with Crippen molar-refractivity contribution < 1.29 is 4.79 Å². The van der Waals surface area contributed by atoms with E-state index in [2.05, 4.69) is 37.5 Å². The van der Waals surface area contributed by atoms with Crippen molar-refractivity contribution in [3.8, 4) is 0 Å². The molecule has 0 radical (unpaired) electrons. The van der Waals surface area contributed by atoms with Crippen LogP contribution in [0.5, 0.6) is 0 Å². The second-order valence-corrected chi connectivity index (χ2v) is 5.22. The number of benzene rings is 1. The monoisotopic (exact) mass is 276 g/mol. The Morgan fingerprint density at radius 1 is 1.25 bits per heavy atom. The molecule has 0 spiro atoms. The Kier molecular flexibility index (Phi) is 7.97. The van der Waals surface area contributed by atoms with E-state index in [0.717, 1.165) is 44.5 Å². The molecule has 0 saturated heterocycles. The van der Waals surface area contributed by atoms with Crippen LogP contribution in [0.3, 0.4) is 0 Å². The largest absolute Gasteiger partial charge is 0.326 e. The number of carbonyl (C=O) groups excluding carboxylic acids is 1. The summed E-state index contributed by atoms with van der Waals surface area (Å²) in [5.74, 6) is 0.286. The van der Waals surface area contributed by atoms with E-state index in [-0.39, 0.29) is 11.8 Å². The van der Waals surface area contributed by atoms with Crippen molar-refractivity contribution >= 4 is 11.6 Å². The highest BCUT2D eigenvalue weighted by Gasteiger charge is 2.15. The normalized spacial score (nSPS) is 12.2. The molecule has 112 valence electrons. The summed E-state index contributed by atoms with van der Waals surface area (Å²) in [6.07, 6.45) is 4.15. The molecule has 3 nitrogen and oxygen atoms in total. The third-order valence-corrected chi connectivity index (χ3v) is 3.54. The minimum Gasteiger partial charge on any atom is -0.326 e. The molecule has 0 bridgehead atoms. The third kappa shape index (κ3) is 5.74. The summed E-state index contributed by atoms with van der Waals surface area (Å²) in [6, 6.07) is 8.08. The molecule has 0 aliphatic carbocycles. The molecule has 1 amide bonds. The number of nitrogens with one attached hydrogen (secondary N) is 2. The first-order chi connectivity index (χ1) is 9.71. The lowest BCUT2D eigenvalue weighted by atomic mass is 9.98. The second kappa shape index (κ2) is 9.54. The fourth-order valence-electron chi connectivity index (χ4n) is 2.24. The van der Waals surface area contributed by atoms with Crippen molar-refractivity contribution in [1.82, 2.24) is 5.32 Å². The van der Waals surface area contributed by atoms with Crippen LogP contribution < -0.4 is 10.6 Å². The van der Waals surface area contributed by atoms with Crippen LogP contribution in [0.4, 0.5) is 5.69 Å². The van der Waals surface area contributed by atoms with Crippen LogP contribution in [-0.4, -0.2) is 12.5 Å². The van der Waals surface area contributed by atoms with Crippen LogP contribution in [0.2, 0.25) is 0 Å². The van der Waals surface area contributed by atoms with Gasteiger partial charge < -0.3 is 10.6 Å². The highest BCUT2D eigenvalue weighted by molar-refractivity contribution is 5.92. The van der Waals surface area contributed by atoms with Gasteiger partial charge in [-0.05, 0) is 37.1 Å². The highest BCUT2D eigenvalue weighted by atomic mass is 16.1. The molecule has 3 heteroatoms. The van der Waals surface area contributed by atoms with Gasteiger partial charge in [0, 0.05) is 18.2 Å². The summed E-state index contributed by atoms with van der Waals surface area (Å²) >= 11 is 0. The van der Waals surface area contributed by atoms with Gasteiger partial charge in [-0.25, -0.2) is 0 Å². The molecule has 0 heterocycles. The molecule has 1 aromatic rings. The van der Waals surface area contributed by atoms with Gasteiger partial charge in [0.15, 0.2) is 0 Å². The average Bonchev–Trinajstić information content (AvgIpc) is 2.46. The standard InChI is InChI=1S/C17H28N2O/c1-4-7-10-15(5-2)17(20)19-16-11-8-9-14(12-16)13-18-6-3/h8-9,11-12,15,18H,4-7,10,13H2,1-3H3,(H,19,20). The lowest BCUT2D eigenvalue weighted by Gasteiger charge is -2.15. The Labute approximate surface area is 123 Å². The van der Waals surface area contributed by atoms with E-state index in [1.807, 2.05) is 18.2 Å². The van der Waals surface area contributed by atoms with Gasteiger partial charge in [-0.2, -0.15) is 0 Å². The lowest BCUT2D eigenvalue weighted by Crippen LogP contribution is -2.22. The summed E-state index contributed by atoms with van der Waals surface area (Å²) in [5, 5.41) is 6.35. The molecule has 0 aliphatic heterocycles. The molecule has 20 heavy (non-hydrogen) atoms. The molecule has 1 unspecified atom stereocenters. The van der Waals surface area contributed by atoms with Gasteiger partial charge in [-0.1, -0.05) is 45.7 Å². The lowest BCUT2D eigenvalue weighted by molar-refractivity contribution is -0.120. The van der Waals surface area contributed by atoms with Crippen LogP contribution >= 0.6 is 0 Å². The number of anilines is 1. The van der Waals surface area contributed by atoms with Gasteiger partial charge in [-0.15, -0.1) is 0 Å². The number of carbonyl (C=O) groups is 1. The van der Waals surface area contributed by atoms with Crippen LogP contribution in [0, 0.1) is 5.92 Å². The molecule has 1 rings (SSSR count). The van der Waals surface area contributed by atoms with Crippen molar-refractivity contribution in [1.29, 1.82) is 0 Å². The molecule has 0 aliphatic rings. The predicted octanol–water partition coefficient (Wildman–Crippen LogP) is 3.95. The van der Waals surface area contributed by atoms with Crippen molar-refractivity contribution in [3.63, 3.8) is 0 Å². The minimum absolute atomic E-state index is 0.132. The fraction of sp³-hybridized carbons (Fsp3) is 0.588. The van der Waals surface area contributed by atoms with E-state index in [1.165, 1.54) is 5.56 Å². The van der Waals surface area contributed by atoms with E-state index >= 15 is 0 Å². The SMILES string of the molecule is CCCCC(CC)C(=O)Nc1cccc(CNCC)c1. The first-order valence-electron chi connectivity index (χ1n) is 7.81. The second-order valence-electron chi connectivity index (χ2n) is 5.22. The molecular formula is C17H28N2O. The zero-order chi connectivity index (χ0) is 14.8. The van der Waals surface area contributed by atoms with Gasteiger partial charge in [-0.3, -0.25) is 4.79 Å². The first kappa shape index (κ1) is 16.7. The zero-order valence-corrected chi connectivity index (χ0v) is 13.0. The number of amides is 1. The maximum Gasteiger partial charge on any atom is 0.227 e. The molecular weight excluding hydrogens is 248 g/mol. The van der Waals surface area contributed by atoms with Crippen molar-refractivity contribution in [2.75, 3.05) is 11.9 Å². The molecule has 0 aromatic heterocycles. The predicted molar refractivity (Wildman–Crippen MR) is 85.8 cm³/mol. The summed E-state index contributed by atoms with van der Waals surface area (Å²) in [4.78, 5) is 12.2.